The molecule has 0 atom stereocenters. The Hall–Kier alpha value is -2.19. The van der Waals surface area contributed by atoms with Crippen LogP contribution in [0.2, 0.25) is 0 Å². The topological polar surface area (TPSA) is 9.23 Å². The minimum atomic E-state index is -0.0915. The van der Waals surface area contributed by atoms with E-state index in [2.05, 4.69) is 98.8 Å². The Morgan fingerprint density at radius 3 is 1.64 bits per heavy atom. The van der Waals surface area contributed by atoms with Crippen molar-refractivity contribution < 1.29 is 4.74 Å². The van der Waals surface area contributed by atoms with E-state index >= 15 is 0 Å². The van der Waals surface area contributed by atoms with Gasteiger partial charge in [0.1, 0.15) is 5.75 Å². The molecule has 0 bridgehead atoms. The van der Waals surface area contributed by atoms with Gasteiger partial charge < -0.3 is 4.74 Å². The highest BCUT2D eigenvalue weighted by Gasteiger charge is 2.28. The van der Waals surface area contributed by atoms with Crippen LogP contribution in [0.3, 0.4) is 0 Å². The molecule has 0 aliphatic heterocycles. The van der Waals surface area contributed by atoms with Crippen molar-refractivity contribution in [2.45, 2.75) is 35.0 Å². The van der Waals surface area contributed by atoms with E-state index < -0.39 is 0 Å². The number of hydrogen-bond acceptors (Lipinski definition) is 1. The molecule has 3 aromatic rings. The fourth-order valence-corrected chi connectivity index (χ4v) is 4.69. The summed E-state index contributed by atoms with van der Waals surface area (Å²) in [7, 11) is -0.0915. The molecule has 25 heavy (non-hydrogen) atoms. The summed E-state index contributed by atoms with van der Waals surface area (Å²) in [4.78, 5) is 3.98. The zero-order valence-electron chi connectivity index (χ0n) is 14.9. The largest absolute Gasteiger partial charge is 0.494 e. The maximum atomic E-state index is 5.87. The maximum absolute atomic E-state index is 5.87. The summed E-state index contributed by atoms with van der Waals surface area (Å²) in [6.45, 7) is 5.22. The lowest BCUT2D eigenvalue weighted by molar-refractivity contribution is 0.289. The van der Waals surface area contributed by atoms with E-state index in [0.29, 0.717) is 5.92 Å². The standard InChI is InChI=1S/C23H25OS/c1-19(2)17-18-24-20-13-15-23(16-14-20)25(21-9-5-3-6-10-21)22-11-7-4-8-12-22/h3-16,19H,17-18H2,1-2H3/q+1. The molecule has 0 radical (unpaired) electrons. The van der Waals surface area contributed by atoms with Crippen LogP contribution in [-0.2, 0) is 10.9 Å². The van der Waals surface area contributed by atoms with Gasteiger partial charge in [-0.25, -0.2) is 0 Å². The smallest absolute Gasteiger partial charge is 0.166 e. The molecule has 0 spiro atoms. The number of ether oxygens (including phenoxy) is 1. The van der Waals surface area contributed by atoms with E-state index in [9.17, 15) is 0 Å². The Labute approximate surface area is 154 Å². The third kappa shape index (κ3) is 4.90. The number of hydrogen-bond donors (Lipinski definition) is 0. The molecule has 3 rings (SSSR count). The first kappa shape index (κ1) is 17.6. The number of benzene rings is 3. The highest BCUT2D eigenvalue weighted by atomic mass is 32.2. The Balaban J connectivity index is 1.84. The van der Waals surface area contributed by atoms with E-state index in [1.807, 2.05) is 0 Å². The molecule has 0 fully saturated rings. The Morgan fingerprint density at radius 2 is 1.16 bits per heavy atom. The Morgan fingerprint density at radius 1 is 0.680 bits per heavy atom. The molecule has 0 aromatic heterocycles. The van der Waals surface area contributed by atoms with Gasteiger partial charge in [0.2, 0.25) is 0 Å². The van der Waals surface area contributed by atoms with Gasteiger partial charge >= 0.3 is 0 Å². The summed E-state index contributed by atoms with van der Waals surface area (Å²) in [5.74, 6) is 1.62. The summed E-state index contributed by atoms with van der Waals surface area (Å²) in [6.07, 6.45) is 1.08. The molecule has 0 saturated carbocycles. The van der Waals surface area contributed by atoms with Gasteiger partial charge in [-0.1, -0.05) is 50.2 Å². The highest BCUT2D eigenvalue weighted by Crippen LogP contribution is 2.31. The summed E-state index contributed by atoms with van der Waals surface area (Å²) in [5, 5.41) is 0. The van der Waals surface area contributed by atoms with E-state index in [-0.39, 0.29) is 10.9 Å². The van der Waals surface area contributed by atoms with Gasteiger partial charge in [-0.05, 0) is 60.9 Å². The van der Waals surface area contributed by atoms with Crippen molar-refractivity contribution in [3.8, 4) is 5.75 Å². The van der Waals surface area contributed by atoms with E-state index in [1.54, 1.807) is 0 Å². The summed E-state index contributed by atoms with van der Waals surface area (Å²) in [5.41, 5.74) is 0. The molecule has 2 heteroatoms. The van der Waals surface area contributed by atoms with Crippen LogP contribution in [0.1, 0.15) is 20.3 Å². The lowest BCUT2D eigenvalue weighted by Crippen LogP contribution is -2.05. The lowest BCUT2D eigenvalue weighted by atomic mass is 10.1. The molecule has 0 heterocycles. The first-order chi connectivity index (χ1) is 12.2. The number of rotatable bonds is 7. The lowest BCUT2D eigenvalue weighted by Gasteiger charge is -2.10. The molecule has 0 aliphatic carbocycles. The van der Waals surface area contributed by atoms with E-state index in [1.165, 1.54) is 14.7 Å². The van der Waals surface area contributed by atoms with Crippen molar-refractivity contribution in [1.29, 1.82) is 0 Å². The van der Waals surface area contributed by atoms with Crippen LogP contribution in [0.4, 0.5) is 0 Å². The van der Waals surface area contributed by atoms with Crippen LogP contribution in [0.5, 0.6) is 5.75 Å². The van der Waals surface area contributed by atoms with Crippen molar-refractivity contribution in [1.82, 2.24) is 0 Å². The van der Waals surface area contributed by atoms with Crippen LogP contribution in [0.25, 0.3) is 0 Å². The second-order valence-electron chi connectivity index (χ2n) is 6.43. The van der Waals surface area contributed by atoms with Crippen molar-refractivity contribution >= 4 is 10.9 Å². The van der Waals surface area contributed by atoms with Crippen LogP contribution in [-0.4, -0.2) is 6.61 Å². The highest BCUT2D eigenvalue weighted by molar-refractivity contribution is 7.97. The zero-order chi connectivity index (χ0) is 17.5. The predicted molar refractivity (Wildman–Crippen MR) is 106 cm³/mol. The Bertz CT molecular complexity index is 712. The fraction of sp³-hybridized carbons (Fsp3) is 0.217. The molecule has 0 saturated heterocycles. The molecule has 128 valence electrons. The van der Waals surface area contributed by atoms with Gasteiger partial charge in [0, 0.05) is 0 Å². The summed E-state index contributed by atoms with van der Waals surface area (Å²) in [6, 6.07) is 30.0. The van der Waals surface area contributed by atoms with Crippen LogP contribution >= 0.6 is 0 Å². The first-order valence-electron chi connectivity index (χ1n) is 8.81. The average Bonchev–Trinajstić information content (AvgIpc) is 2.65. The molecule has 0 unspecified atom stereocenters. The molecular weight excluding hydrogens is 324 g/mol. The second kappa shape index (κ2) is 8.77. The minimum absolute atomic E-state index is 0.0915. The predicted octanol–water partition coefficient (Wildman–Crippen LogP) is 6.21. The van der Waals surface area contributed by atoms with Crippen molar-refractivity contribution in [3.63, 3.8) is 0 Å². The van der Waals surface area contributed by atoms with Crippen molar-refractivity contribution in [3.05, 3.63) is 84.9 Å². The molecule has 3 aromatic carbocycles. The van der Waals surface area contributed by atoms with Crippen LogP contribution in [0.15, 0.2) is 99.6 Å². The van der Waals surface area contributed by atoms with E-state index in [0.717, 1.165) is 18.8 Å². The van der Waals surface area contributed by atoms with Gasteiger partial charge in [0.25, 0.3) is 0 Å². The molecule has 0 aliphatic rings. The summed E-state index contributed by atoms with van der Waals surface area (Å²) < 4.78 is 5.87. The van der Waals surface area contributed by atoms with Gasteiger partial charge in [0.05, 0.1) is 17.5 Å². The SMILES string of the molecule is CC(C)CCOc1ccc([S+](c2ccccc2)c2ccccc2)cc1. The van der Waals surface area contributed by atoms with Crippen molar-refractivity contribution in [2.75, 3.05) is 6.61 Å². The molecule has 1 nitrogen and oxygen atoms in total. The fourth-order valence-electron chi connectivity index (χ4n) is 2.61. The van der Waals surface area contributed by atoms with Crippen molar-refractivity contribution in [2.24, 2.45) is 5.92 Å². The van der Waals surface area contributed by atoms with Gasteiger partial charge in [-0.2, -0.15) is 0 Å². The van der Waals surface area contributed by atoms with E-state index in [4.69, 9.17) is 4.74 Å². The Kier molecular flexibility index (Phi) is 6.19. The normalized spacial score (nSPS) is 11.0. The second-order valence-corrected chi connectivity index (χ2v) is 8.46. The average molecular weight is 350 g/mol. The minimum Gasteiger partial charge on any atom is -0.494 e. The van der Waals surface area contributed by atoms with Gasteiger partial charge in [0.15, 0.2) is 14.7 Å². The van der Waals surface area contributed by atoms with Crippen LogP contribution in [0, 0.1) is 5.92 Å². The summed E-state index contributed by atoms with van der Waals surface area (Å²) >= 11 is 0. The quantitative estimate of drug-likeness (QED) is 0.461. The molecular formula is C23H25OS+. The third-order valence-corrected chi connectivity index (χ3v) is 6.21. The maximum Gasteiger partial charge on any atom is 0.166 e. The van der Waals surface area contributed by atoms with Gasteiger partial charge in [-0.15, -0.1) is 0 Å². The van der Waals surface area contributed by atoms with Gasteiger partial charge in [-0.3, -0.25) is 0 Å². The zero-order valence-corrected chi connectivity index (χ0v) is 15.7. The van der Waals surface area contributed by atoms with Crippen LogP contribution < -0.4 is 4.74 Å². The first-order valence-corrected chi connectivity index (χ1v) is 10.0. The molecule has 0 N–H and O–H groups in total. The third-order valence-electron chi connectivity index (χ3n) is 3.98. The molecule has 0 amide bonds. The monoisotopic (exact) mass is 349 g/mol.